The second kappa shape index (κ2) is 10.7. The average Bonchev–Trinajstić information content (AvgIpc) is 3.33. The van der Waals surface area contributed by atoms with Gasteiger partial charge in [-0.3, -0.25) is 0 Å². The molecule has 1 saturated heterocycles. The lowest BCUT2D eigenvalue weighted by Gasteiger charge is -2.44. The summed E-state index contributed by atoms with van der Waals surface area (Å²) in [5, 5.41) is 30.5. The number of hydrogen-bond acceptors (Lipinski definition) is 5. The molecular formula is C30H44O5. The molecule has 8 atom stereocenters. The predicted molar refractivity (Wildman–Crippen MR) is 137 cm³/mol. The SMILES string of the molecule is C=C1C[C@H](C[C@@H](C)[C@H]2CC[C@H]3C(=CC=C4C[C@@H](O)[C@H](CCCO)[C@H](O)C4=C)CCC[C@]23C)OC1=O. The molecule has 0 bridgehead atoms. The standard InChI is InChI=1S/C30H44O5/c1-18(15-23-16-19(2)29(34)35-23)25-11-12-26-21(7-5-13-30(25,26)4)9-10-22-17-27(32)24(8-6-14-31)28(33)20(22)3/h9-10,18,23-28,31-33H,2-3,5-8,11-17H2,1,4H3/t18-,23+,24+,25-,26+,27-,28-,30-/m1/s1. The Hall–Kier alpha value is -1.69. The lowest BCUT2D eigenvalue weighted by Crippen LogP contribution is -2.38. The van der Waals surface area contributed by atoms with Gasteiger partial charge in [-0.1, -0.05) is 44.7 Å². The van der Waals surface area contributed by atoms with Gasteiger partial charge < -0.3 is 20.1 Å². The van der Waals surface area contributed by atoms with Crippen molar-refractivity contribution in [3.63, 3.8) is 0 Å². The molecule has 4 aliphatic rings. The van der Waals surface area contributed by atoms with Crippen molar-refractivity contribution < 1.29 is 24.9 Å². The van der Waals surface area contributed by atoms with Crippen molar-refractivity contribution >= 4 is 5.97 Å². The molecule has 4 fully saturated rings. The van der Waals surface area contributed by atoms with Gasteiger partial charge in [0.05, 0.1) is 12.2 Å². The highest BCUT2D eigenvalue weighted by Gasteiger charge is 2.51. The topological polar surface area (TPSA) is 87.0 Å². The van der Waals surface area contributed by atoms with Crippen molar-refractivity contribution in [2.45, 2.75) is 96.4 Å². The first-order chi connectivity index (χ1) is 16.7. The van der Waals surface area contributed by atoms with Gasteiger partial charge in [0.25, 0.3) is 0 Å². The molecule has 0 aromatic carbocycles. The third kappa shape index (κ3) is 5.23. The summed E-state index contributed by atoms with van der Waals surface area (Å²) in [4.78, 5) is 11.8. The molecule has 0 amide bonds. The minimum atomic E-state index is -0.760. The zero-order valence-electron chi connectivity index (χ0n) is 21.5. The second-order valence-corrected chi connectivity index (χ2v) is 11.8. The highest BCUT2D eigenvalue weighted by molar-refractivity contribution is 5.89. The fourth-order valence-corrected chi connectivity index (χ4v) is 7.79. The van der Waals surface area contributed by atoms with Crippen LogP contribution in [-0.2, 0) is 9.53 Å². The maximum absolute atomic E-state index is 11.8. The highest BCUT2D eigenvalue weighted by Crippen LogP contribution is 2.60. The smallest absolute Gasteiger partial charge is 0.333 e. The summed E-state index contributed by atoms with van der Waals surface area (Å²) in [6.45, 7) is 12.8. The van der Waals surface area contributed by atoms with Crippen molar-refractivity contribution in [1.82, 2.24) is 0 Å². The van der Waals surface area contributed by atoms with E-state index in [-0.39, 0.29) is 30.0 Å². The Kier molecular flexibility index (Phi) is 8.09. The Morgan fingerprint density at radius 3 is 2.66 bits per heavy atom. The Morgan fingerprint density at radius 1 is 1.20 bits per heavy atom. The van der Waals surface area contributed by atoms with Crippen LogP contribution in [0.4, 0.5) is 0 Å². The first-order valence-corrected chi connectivity index (χ1v) is 13.6. The van der Waals surface area contributed by atoms with Gasteiger partial charge >= 0.3 is 5.97 Å². The van der Waals surface area contributed by atoms with Crippen molar-refractivity contribution in [3.05, 3.63) is 47.6 Å². The van der Waals surface area contributed by atoms with Crippen LogP contribution in [0.5, 0.6) is 0 Å². The quantitative estimate of drug-likeness (QED) is 0.349. The molecule has 1 heterocycles. The number of ether oxygens (including phenoxy) is 1. The molecule has 3 aliphatic carbocycles. The van der Waals surface area contributed by atoms with E-state index in [9.17, 15) is 15.0 Å². The van der Waals surface area contributed by atoms with Gasteiger partial charge in [-0.25, -0.2) is 4.79 Å². The zero-order chi connectivity index (χ0) is 25.3. The molecule has 0 aromatic rings. The van der Waals surface area contributed by atoms with Crippen molar-refractivity contribution in [1.29, 1.82) is 0 Å². The summed E-state index contributed by atoms with van der Waals surface area (Å²) in [6, 6.07) is 0. The van der Waals surface area contributed by atoms with Crippen LogP contribution in [0.3, 0.4) is 0 Å². The number of rotatable bonds is 7. The first-order valence-electron chi connectivity index (χ1n) is 13.6. The summed E-state index contributed by atoms with van der Waals surface area (Å²) in [6.07, 6.45) is 12.1. The first kappa shape index (κ1) is 26.4. The molecule has 1 aliphatic heterocycles. The lowest BCUT2D eigenvalue weighted by atomic mass is 9.60. The molecule has 4 rings (SSSR count). The van der Waals surface area contributed by atoms with Crippen LogP contribution in [0.2, 0.25) is 0 Å². The lowest BCUT2D eigenvalue weighted by molar-refractivity contribution is -0.139. The van der Waals surface area contributed by atoms with Crippen LogP contribution in [0.1, 0.15) is 78.1 Å². The van der Waals surface area contributed by atoms with Gasteiger partial charge in [-0.2, -0.15) is 0 Å². The maximum Gasteiger partial charge on any atom is 0.333 e. The number of hydrogen-bond donors (Lipinski definition) is 3. The summed E-state index contributed by atoms with van der Waals surface area (Å²) in [7, 11) is 0. The van der Waals surface area contributed by atoms with Crippen molar-refractivity contribution in [2.75, 3.05) is 6.61 Å². The Morgan fingerprint density at radius 2 is 1.97 bits per heavy atom. The third-order valence-corrected chi connectivity index (χ3v) is 9.69. The fraction of sp³-hybridized carbons (Fsp3) is 0.700. The normalized spacial score (nSPS) is 40.9. The van der Waals surface area contributed by atoms with E-state index >= 15 is 0 Å². The van der Waals surface area contributed by atoms with Crippen LogP contribution in [-0.4, -0.2) is 46.2 Å². The van der Waals surface area contributed by atoms with E-state index in [1.807, 2.05) is 0 Å². The van der Waals surface area contributed by atoms with Crippen LogP contribution in [0.15, 0.2) is 47.6 Å². The van der Waals surface area contributed by atoms with E-state index in [2.05, 4.69) is 39.2 Å². The van der Waals surface area contributed by atoms with E-state index in [1.54, 1.807) is 0 Å². The number of cyclic esters (lactones) is 1. The van der Waals surface area contributed by atoms with Gasteiger partial charge in [-0.15, -0.1) is 0 Å². The minimum absolute atomic E-state index is 0.0210. The van der Waals surface area contributed by atoms with Gasteiger partial charge in [-0.05, 0) is 92.1 Å². The van der Waals surface area contributed by atoms with Crippen LogP contribution < -0.4 is 0 Å². The van der Waals surface area contributed by atoms with E-state index in [4.69, 9.17) is 9.84 Å². The largest absolute Gasteiger partial charge is 0.459 e. The molecule has 3 saturated carbocycles. The molecule has 0 unspecified atom stereocenters. The van der Waals surface area contributed by atoms with Crippen LogP contribution >= 0.6 is 0 Å². The number of fused-ring (bicyclic) bond motifs is 1. The van der Waals surface area contributed by atoms with Gasteiger partial charge in [0.1, 0.15) is 6.10 Å². The molecular weight excluding hydrogens is 440 g/mol. The third-order valence-electron chi connectivity index (χ3n) is 9.69. The maximum atomic E-state index is 11.8. The molecule has 5 nitrogen and oxygen atoms in total. The van der Waals surface area contributed by atoms with E-state index in [0.717, 1.165) is 18.4 Å². The minimum Gasteiger partial charge on any atom is -0.459 e. The summed E-state index contributed by atoms with van der Waals surface area (Å²) in [5.41, 5.74) is 3.99. The molecule has 0 radical (unpaired) electrons. The number of allylic oxidation sites excluding steroid dienone is 3. The average molecular weight is 485 g/mol. The monoisotopic (exact) mass is 484 g/mol. The van der Waals surface area contributed by atoms with Gasteiger partial charge in [0.15, 0.2) is 0 Å². The molecule has 0 aromatic heterocycles. The van der Waals surface area contributed by atoms with E-state index in [1.165, 1.54) is 31.3 Å². The Bertz CT molecular complexity index is 884. The van der Waals surface area contributed by atoms with Gasteiger partial charge in [0.2, 0.25) is 0 Å². The summed E-state index contributed by atoms with van der Waals surface area (Å²) < 4.78 is 5.54. The predicted octanol–water partition coefficient (Wildman–Crippen LogP) is 5.02. The zero-order valence-corrected chi connectivity index (χ0v) is 21.5. The number of aliphatic hydroxyl groups excluding tert-OH is 3. The summed E-state index contributed by atoms with van der Waals surface area (Å²) in [5.74, 6) is 1.16. The van der Waals surface area contributed by atoms with Crippen LogP contribution in [0.25, 0.3) is 0 Å². The molecule has 0 spiro atoms. The molecule has 194 valence electrons. The van der Waals surface area contributed by atoms with Crippen molar-refractivity contribution in [3.8, 4) is 0 Å². The van der Waals surface area contributed by atoms with E-state index in [0.29, 0.717) is 54.6 Å². The molecule has 3 N–H and O–H groups in total. The fourth-order valence-electron chi connectivity index (χ4n) is 7.79. The van der Waals surface area contributed by atoms with E-state index < -0.39 is 12.2 Å². The number of carbonyl (C=O) groups excluding carboxylic acids is 1. The number of carbonyl (C=O) groups is 1. The highest BCUT2D eigenvalue weighted by atomic mass is 16.5. The van der Waals surface area contributed by atoms with Gasteiger partial charge in [0, 0.05) is 24.5 Å². The Balaban J connectivity index is 1.45. The molecule has 35 heavy (non-hydrogen) atoms. The number of esters is 1. The Labute approximate surface area is 210 Å². The second-order valence-electron chi connectivity index (χ2n) is 11.8. The molecule has 5 heteroatoms. The van der Waals surface area contributed by atoms with Crippen molar-refractivity contribution in [2.24, 2.45) is 29.1 Å². The van der Waals surface area contributed by atoms with Crippen LogP contribution in [0, 0.1) is 29.1 Å². The summed E-state index contributed by atoms with van der Waals surface area (Å²) >= 11 is 0. The number of aliphatic hydroxyl groups is 3.